The molecule has 3 nitrogen and oxygen atoms in total. The van der Waals surface area contributed by atoms with Crippen molar-refractivity contribution >= 4 is 33.5 Å². The summed E-state index contributed by atoms with van der Waals surface area (Å²) >= 11 is 1.56. The minimum Gasteiger partial charge on any atom is -0.352 e. The van der Waals surface area contributed by atoms with E-state index in [1.54, 1.807) is 17.4 Å². The fraction of sp³-hybridized carbons (Fsp3) is 0.200. The van der Waals surface area contributed by atoms with E-state index in [9.17, 15) is 9.18 Å². The highest BCUT2D eigenvalue weighted by Crippen LogP contribution is 2.47. The third kappa shape index (κ3) is 3.46. The summed E-state index contributed by atoms with van der Waals surface area (Å²) in [5.74, 6) is -0.366. The molecule has 0 unspecified atom stereocenters. The lowest BCUT2D eigenvalue weighted by Crippen LogP contribution is -2.31. The average Bonchev–Trinajstić information content (AvgIpc) is 3.30. The summed E-state index contributed by atoms with van der Waals surface area (Å²) in [6.45, 7) is 0.571. The number of thiazole rings is 1. The predicted octanol–water partition coefficient (Wildman–Crippen LogP) is 4.30. The molecule has 4 rings (SSSR count). The van der Waals surface area contributed by atoms with Crippen LogP contribution < -0.4 is 5.32 Å². The van der Waals surface area contributed by atoms with Crippen LogP contribution in [0.3, 0.4) is 0 Å². The molecule has 0 atom stereocenters. The van der Waals surface area contributed by atoms with E-state index in [2.05, 4.69) is 10.3 Å². The molecular formula is C20H17FN2OS. The topological polar surface area (TPSA) is 42.0 Å². The maximum Gasteiger partial charge on any atom is 0.244 e. The van der Waals surface area contributed by atoms with Crippen LogP contribution >= 0.6 is 11.3 Å². The van der Waals surface area contributed by atoms with Gasteiger partial charge in [0, 0.05) is 18.0 Å². The van der Waals surface area contributed by atoms with Crippen molar-refractivity contribution in [3.63, 3.8) is 0 Å². The van der Waals surface area contributed by atoms with Crippen molar-refractivity contribution in [1.29, 1.82) is 0 Å². The molecule has 1 saturated carbocycles. The maximum absolute atomic E-state index is 13.1. The summed E-state index contributed by atoms with van der Waals surface area (Å²) in [5, 5.41) is 3.78. The molecule has 5 heteroatoms. The smallest absolute Gasteiger partial charge is 0.244 e. The Balaban J connectivity index is 1.38. The molecule has 0 radical (unpaired) electrons. The second-order valence-electron chi connectivity index (χ2n) is 6.36. The van der Waals surface area contributed by atoms with Crippen molar-refractivity contribution < 1.29 is 9.18 Å². The summed E-state index contributed by atoms with van der Waals surface area (Å²) in [6.07, 6.45) is 5.30. The van der Waals surface area contributed by atoms with E-state index in [0.717, 1.165) is 33.6 Å². The lowest BCUT2D eigenvalue weighted by atomic mass is 9.96. The Kier molecular flexibility index (Phi) is 4.09. The number of carbonyl (C=O) groups excluding carboxylic acids is 1. The van der Waals surface area contributed by atoms with Gasteiger partial charge in [0.2, 0.25) is 5.91 Å². The highest BCUT2D eigenvalue weighted by Gasteiger charge is 2.44. The first-order chi connectivity index (χ1) is 12.1. The van der Waals surface area contributed by atoms with Crippen LogP contribution in [0.1, 0.15) is 23.4 Å². The molecular weight excluding hydrogens is 335 g/mol. The monoisotopic (exact) mass is 352 g/mol. The molecule has 1 N–H and O–H groups in total. The normalized spacial score (nSPS) is 15.6. The van der Waals surface area contributed by atoms with E-state index in [1.165, 1.54) is 18.2 Å². The molecule has 1 fully saturated rings. The number of aromatic nitrogens is 1. The quantitative estimate of drug-likeness (QED) is 0.696. The maximum atomic E-state index is 13.1. The lowest BCUT2D eigenvalue weighted by Gasteiger charge is -2.15. The molecule has 25 heavy (non-hydrogen) atoms. The van der Waals surface area contributed by atoms with E-state index in [4.69, 9.17) is 0 Å². The number of nitrogens with zero attached hydrogens (tertiary/aromatic N) is 1. The zero-order chi connectivity index (χ0) is 17.3. The Morgan fingerprint density at radius 2 is 1.96 bits per heavy atom. The number of carbonyl (C=O) groups is 1. The van der Waals surface area contributed by atoms with E-state index < -0.39 is 0 Å². The molecule has 0 aliphatic heterocycles. The second kappa shape index (κ2) is 6.41. The number of para-hydroxylation sites is 1. The number of amides is 1. The van der Waals surface area contributed by atoms with Crippen LogP contribution in [0, 0.1) is 5.82 Å². The number of rotatable bonds is 5. The van der Waals surface area contributed by atoms with Crippen molar-refractivity contribution in [2.24, 2.45) is 0 Å². The number of benzene rings is 2. The highest BCUT2D eigenvalue weighted by molar-refractivity contribution is 7.19. The minimum absolute atomic E-state index is 0.0347. The second-order valence-corrected chi connectivity index (χ2v) is 7.42. The van der Waals surface area contributed by atoms with E-state index in [0.29, 0.717) is 6.54 Å². The molecule has 1 aliphatic carbocycles. The van der Waals surface area contributed by atoms with Gasteiger partial charge in [0.15, 0.2) is 0 Å². The summed E-state index contributed by atoms with van der Waals surface area (Å²) < 4.78 is 14.2. The summed E-state index contributed by atoms with van der Waals surface area (Å²) in [5.41, 5.74) is 2.00. The van der Waals surface area contributed by atoms with Crippen molar-refractivity contribution in [1.82, 2.24) is 10.3 Å². The standard InChI is InChI=1S/C20H17FN2OS/c21-15-7-5-14(6-8-15)20(11-12-20)13-22-18(24)9-10-19-23-16-3-1-2-4-17(16)25-19/h1-10H,11-13H2,(H,22,24). The molecule has 0 saturated heterocycles. The van der Waals surface area contributed by atoms with Gasteiger partial charge in [-0.2, -0.15) is 0 Å². The molecule has 1 aliphatic rings. The van der Waals surface area contributed by atoms with Crippen molar-refractivity contribution in [2.75, 3.05) is 6.54 Å². The predicted molar refractivity (Wildman–Crippen MR) is 99.0 cm³/mol. The number of hydrogen-bond acceptors (Lipinski definition) is 3. The Bertz CT molecular complexity index is 909. The van der Waals surface area contributed by atoms with Crippen LogP contribution in [0.15, 0.2) is 54.6 Å². The molecule has 0 bridgehead atoms. The lowest BCUT2D eigenvalue weighted by molar-refractivity contribution is -0.116. The van der Waals surface area contributed by atoms with Crippen molar-refractivity contribution in [3.05, 3.63) is 71.0 Å². The van der Waals surface area contributed by atoms with Crippen LogP contribution in [0.2, 0.25) is 0 Å². The van der Waals surface area contributed by atoms with Crippen molar-refractivity contribution in [3.8, 4) is 0 Å². The number of nitrogens with one attached hydrogen (secondary N) is 1. The van der Waals surface area contributed by atoms with E-state index in [-0.39, 0.29) is 17.1 Å². The van der Waals surface area contributed by atoms with Crippen LogP contribution in [0.25, 0.3) is 16.3 Å². The van der Waals surface area contributed by atoms with Gasteiger partial charge in [-0.3, -0.25) is 4.79 Å². The van der Waals surface area contributed by atoms with Crippen molar-refractivity contribution in [2.45, 2.75) is 18.3 Å². The van der Waals surface area contributed by atoms with Gasteiger partial charge < -0.3 is 5.32 Å². The fourth-order valence-corrected chi connectivity index (χ4v) is 3.82. The van der Waals surface area contributed by atoms with Gasteiger partial charge in [-0.25, -0.2) is 9.37 Å². The van der Waals surface area contributed by atoms with Gasteiger partial charge in [0.1, 0.15) is 10.8 Å². The molecule has 2 aromatic carbocycles. The Morgan fingerprint density at radius 3 is 2.68 bits per heavy atom. The van der Waals surface area contributed by atoms with E-state index in [1.807, 2.05) is 36.4 Å². The van der Waals surface area contributed by atoms with Gasteiger partial charge in [0.05, 0.1) is 10.2 Å². The van der Waals surface area contributed by atoms with Gasteiger partial charge in [-0.1, -0.05) is 24.3 Å². The number of hydrogen-bond donors (Lipinski definition) is 1. The summed E-state index contributed by atoms with van der Waals surface area (Å²) in [4.78, 5) is 16.6. The zero-order valence-electron chi connectivity index (χ0n) is 13.5. The van der Waals surface area contributed by atoms with Gasteiger partial charge >= 0.3 is 0 Å². The fourth-order valence-electron chi connectivity index (χ4n) is 2.95. The minimum atomic E-state index is -0.234. The van der Waals surface area contributed by atoms with Crippen LogP contribution in [0.4, 0.5) is 4.39 Å². The summed E-state index contributed by atoms with van der Waals surface area (Å²) in [6, 6.07) is 14.5. The van der Waals surface area contributed by atoms with Crippen LogP contribution in [-0.4, -0.2) is 17.4 Å². The van der Waals surface area contributed by atoms with Gasteiger partial charge in [0.25, 0.3) is 0 Å². The molecule has 0 spiro atoms. The number of fused-ring (bicyclic) bond motifs is 1. The van der Waals surface area contributed by atoms with E-state index >= 15 is 0 Å². The Hall–Kier alpha value is -2.53. The first-order valence-electron chi connectivity index (χ1n) is 8.22. The molecule has 126 valence electrons. The largest absolute Gasteiger partial charge is 0.352 e. The number of halogens is 1. The molecule has 1 amide bonds. The molecule has 1 heterocycles. The van der Waals surface area contributed by atoms with Gasteiger partial charge in [-0.15, -0.1) is 11.3 Å². The molecule has 1 aromatic heterocycles. The van der Waals surface area contributed by atoms with Gasteiger partial charge in [-0.05, 0) is 48.7 Å². The average molecular weight is 352 g/mol. The first kappa shape index (κ1) is 16.0. The third-order valence-corrected chi connectivity index (χ3v) is 5.60. The van der Waals surface area contributed by atoms with Crippen LogP contribution in [0.5, 0.6) is 0 Å². The SMILES string of the molecule is O=C(C=Cc1nc2ccccc2s1)NCC1(c2ccc(F)cc2)CC1. The van der Waals surface area contributed by atoms with Crippen LogP contribution in [-0.2, 0) is 10.2 Å². The highest BCUT2D eigenvalue weighted by atomic mass is 32.1. The first-order valence-corrected chi connectivity index (χ1v) is 9.04. The Morgan fingerprint density at radius 1 is 1.20 bits per heavy atom. The third-order valence-electron chi connectivity index (χ3n) is 4.60. The zero-order valence-corrected chi connectivity index (χ0v) is 14.4. The Labute approximate surface area is 149 Å². The summed E-state index contributed by atoms with van der Waals surface area (Å²) in [7, 11) is 0. The molecule has 3 aromatic rings.